The molecule has 1 N–H and O–H groups in total. The number of hydrogen-bond donors (Lipinski definition) is 1. The van der Waals surface area contributed by atoms with Crippen molar-refractivity contribution >= 4 is 26.0 Å². The fraction of sp³-hybridized carbons (Fsp3) is 0.156. The number of carbonyl (C=O) groups excluding carboxylic acids is 1. The zero-order valence-corrected chi connectivity index (χ0v) is 24.9. The highest BCUT2D eigenvalue weighted by molar-refractivity contribution is 7.90. The van der Waals surface area contributed by atoms with Gasteiger partial charge in [-0.15, -0.1) is 0 Å². The lowest BCUT2D eigenvalue weighted by Gasteiger charge is -2.40. The minimum absolute atomic E-state index is 0.0326. The van der Waals surface area contributed by atoms with E-state index < -0.39 is 37.7 Å². The number of nitrogens with zero attached hydrogens (tertiary/aromatic N) is 1. The van der Waals surface area contributed by atoms with E-state index in [1.807, 2.05) is 13.8 Å². The molecule has 4 aromatic rings. The molecule has 2 unspecified atom stereocenters. The van der Waals surface area contributed by atoms with Gasteiger partial charge in [0.1, 0.15) is 5.66 Å². The predicted octanol–water partition coefficient (Wildman–Crippen LogP) is 4.98. The van der Waals surface area contributed by atoms with E-state index in [1.165, 1.54) is 37.5 Å². The molecule has 8 nitrogen and oxygen atoms in total. The van der Waals surface area contributed by atoms with E-state index >= 15 is 0 Å². The predicted molar refractivity (Wildman–Crippen MR) is 159 cm³/mol. The van der Waals surface area contributed by atoms with Crippen LogP contribution in [0.15, 0.2) is 131 Å². The summed E-state index contributed by atoms with van der Waals surface area (Å²) in [7, 11) is -7.66. The van der Waals surface area contributed by atoms with Crippen molar-refractivity contribution in [3.8, 4) is 0 Å². The Morgan fingerprint density at radius 2 is 1.24 bits per heavy atom. The Balaban J connectivity index is 1.86. The van der Waals surface area contributed by atoms with Crippen molar-refractivity contribution < 1.29 is 26.4 Å². The zero-order chi connectivity index (χ0) is 30.1. The molecule has 0 spiro atoms. The quantitative estimate of drug-likeness (QED) is 0.285. The van der Waals surface area contributed by atoms with Crippen LogP contribution < -0.4 is 4.72 Å². The van der Waals surface area contributed by atoms with Crippen LogP contribution >= 0.6 is 0 Å². The molecule has 0 saturated carbocycles. The third-order valence-corrected chi connectivity index (χ3v) is 10.5. The topological polar surface area (TPSA) is 110 Å². The minimum atomic E-state index is -4.50. The number of carbonyl (C=O) groups is 1. The van der Waals surface area contributed by atoms with E-state index in [-0.39, 0.29) is 20.9 Å². The van der Waals surface area contributed by atoms with Gasteiger partial charge in [-0.1, -0.05) is 96.1 Å². The summed E-state index contributed by atoms with van der Waals surface area (Å²) in [6, 6.07) is 28.1. The van der Waals surface area contributed by atoms with Crippen LogP contribution in [0.1, 0.15) is 28.3 Å². The minimum Gasteiger partial charge on any atom is -0.466 e. The Morgan fingerprint density at radius 1 is 0.738 bits per heavy atom. The van der Waals surface area contributed by atoms with Crippen LogP contribution in [0.2, 0.25) is 0 Å². The zero-order valence-electron chi connectivity index (χ0n) is 23.3. The number of methoxy groups -OCH3 is 1. The maximum Gasteiger partial charge on any atom is 0.335 e. The molecule has 0 aromatic heterocycles. The van der Waals surface area contributed by atoms with Crippen LogP contribution in [0, 0.1) is 13.8 Å². The standard InChI is InChI=1S/C32H30N2O6S2/c1-23-14-18-27(19-15-23)41(36,37)33-32(26-12-8-5-9-13-26)22-29(31(35)40-3)30(25-10-6-4-7-11-25)34(32)42(38,39)28-20-16-24(2)17-21-28/h4-22,30,33H,1-3H3. The Hall–Kier alpha value is -4.09. The molecule has 42 heavy (non-hydrogen) atoms. The molecule has 0 saturated heterocycles. The number of benzene rings is 4. The Labute approximate surface area is 246 Å². The highest BCUT2D eigenvalue weighted by Gasteiger charge is 2.57. The first-order valence-corrected chi connectivity index (χ1v) is 16.1. The van der Waals surface area contributed by atoms with Crippen molar-refractivity contribution in [2.45, 2.75) is 35.3 Å². The summed E-state index contributed by atoms with van der Waals surface area (Å²) in [6.07, 6.45) is 1.35. The van der Waals surface area contributed by atoms with Crippen LogP contribution in [-0.2, 0) is 35.2 Å². The van der Waals surface area contributed by atoms with Gasteiger partial charge in [0, 0.05) is 0 Å². The van der Waals surface area contributed by atoms with Gasteiger partial charge in [0.2, 0.25) is 20.0 Å². The van der Waals surface area contributed by atoms with E-state index in [9.17, 15) is 21.6 Å². The van der Waals surface area contributed by atoms with Crippen molar-refractivity contribution in [3.05, 3.63) is 143 Å². The molecule has 0 radical (unpaired) electrons. The van der Waals surface area contributed by atoms with E-state index in [2.05, 4.69) is 4.72 Å². The molecule has 4 aromatic carbocycles. The second-order valence-electron chi connectivity index (χ2n) is 10.1. The fourth-order valence-electron chi connectivity index (χ4n) is 5.11. The van der Waals surface area contributed by atoms with Gasteiger partial charge in [-0.05, 0) is 55.3 Å². The summed E-state index contributed by atoms with van der Waals surface area (Å²) in [5.74, 6) is -0.791. The van der Waals surface area contributed by atoms with Crippen molar-refractivity contribution in [1.29, 1.82) is 0 Å². The van der Waals surface area contributed by atoms with Crippen LogP contribution in [0.4, 0.5) is 0 Å². The smallest absolute Gasteiger partial charge is 0.335 e. The molecular weight excluding hydrogens is 572 g/mol. The Morgan fingerprint density at radius 3 is 1.76 bits per heavy atom. The molecule has 1 heterocycles. The first kappa shape index (κ1) is 29.4. The lowest BCUT2D eigenvalue weighted by atomic mass is 10.00. The van der Waals surface area contributed by atoms with Gasteiger partial charge in [-0.3, -0.25) is 0 Å². The maximum absolute atomic E-state index is 14.7. The van der Waals surface area contributed by atoms with E-state index in [4.69, 9.17) is 4.74 Å². The molecule has 216 valence electrons. The number of nitrogens with one attached hydrogen (secondary N) is 1. The second-order valence-corrected chi connectivity index (χ2v) is 13.6. The number of rotatable bonds is 8. The van der Waals surface area contributed by atoms with Gasteiger partial charge >= 0.3 is 5.97 Å². The summed E-state index contributed by atoms with van der Waals surface area (Å²) in [6.45, 7) is 3.66. The number of sulfonamides is 2. The summed E-state index contributed by atoms with van der Waals surface area (Å²) in [4.78, 5) is 13.2. The third-order valence-electron chi connectivity index (χ3n) is 7.19. The molecule has 0 aliphatic carbocycles. The summed E-state index contributed by atoms with van der Waals surface area (Å²) < 4.78 is 66.5. The molecule has 0 bridgehead atoms. The first-order valence-electron chi connectivity index (χ1n) is 13.1. The molecule has 1 aliphatic heterocycles. The number of aryl methyl sites for hydroxylation is 2. The maximum atomic E-state index is 14.7. The van der Waals surface area contributed by atoms with Crippen LogP contribution in [0.3, 0.4) is 0 Å². The van der Waals surface area contributed by atoms with Crippen molar-refractivity contribution in [1.82, 2.24) is 9.03 Å². The SMILES string of the molecule is COC(=O)C1=CC(NS(=O)(=O)c2ccc(C)cc2)(c2ccccc2)N(S(=O)(=O)c2ccc(C)cc2)C1c1ccccc1. The van der Waals surface area contributed by atoms with Crippen molar-refractivity contribution in [2.75, 3.05) is 7.11 Å². The van der Waals surface area contributed by atoms with Crippen LogP contribution in [0.25, 0.3) is 0 Å². The molecule has 5 rings (SSSR count). The fourth-order valence-corrected chi connectivity index (χ4v) is 8.26. The van der Waals surface area contributed by atoms with Gasteiger partial charge in [-0.25, -0.2) is 21.6 Å². The van der Waals surface area contributed by atoms with E-state index in [0.717, 1.165) is 15.4 Å². The monoisotopic (exact) mass is 602 g/mol. The molecule has 10 heteroatoms. The molecule has 0 amide bonds. The van der Waals surface area contributed by atoms with Gasteiger partial charge in [-0.2, -0.15) is 9.03 Å². The molecule has 2 atom stereocenters. The molecular formula is C32H30N2O6S2. The lowest BCUT2D eigenvalue weighted by Crippen LogP contribution is -2.57. The second kappa shape index (κ2) is 11.3. The Bertz CT molecular complexity index is 1840. The van der Waals surface area contributed by atoms with E-state index in [0.29, 0.717) is 5.56 Å². The van der Waals surface area contributed by atoms with Gasteiger partial charge in [0.05, 0.1) is 28.5 Å². The number of esters is 1. The molecule has 0 fully saturated rings. The highest BCUT2D eigenvalue weighted by atomic mass is 32.2. The van der Waals surface area contributed by atoms with Crippen molar-refractivity contribution in [3.63, 3.8) is 0 Å². The van der Waals surface area contributed by atoms with Gasteiger partial charge in [0.25, 0.3) is 0 Å². The first-order chi connectivity index (χ1) is 20.0. The summed E-state index contributed by atoms with van der Waals surface area (Å²) in [5.41, 5.74) is 0.354. The number of hydrogen-bond acceptors (Lipinski definition) is 6. The van der Waals surface area contributed by atoms with Crippen LogP contribution in [-0.4, -0.2) is 34.2 Å². The Kier molecular flexibility index (Phi) is 7.91. The lowest BCUT2D eigenvalue weighted by molar-refractivity contribution is -0.136. The van der Waals surface area contributed by atoms with Gasteiger partial charge in [0.15, 0.2) is 0 Å². The summed E-state index contributed by atoms with van der Waals surface area (Å²) >= 11 is 0. The summed E-state index contributed by atoms with van der Waals surface area (Å²) in [5, 5.41) is 0. The van der Waals surface area contributed by atoms with Crippen LogP contribution in [0.5, 0.6) is 0 Å². The van der Waals surface area contributed by atoms with Crippen molar-refractivity contribution in [2.24, 2.45) is 0 Å². The average molecular weight is 603 g/mol. The number of ether oxygens (including phenoxy) is 1. The normalized spacial score (nSPS) is 19.3. The average Bonchev–Trinajstić information content (AvgIpc) is 3.34. The largest absolute Gasteiger partial charge is 0.466 e. The molecule has 1 aliphatic rings. The third kappa shape index (κ3) is 5.30. The highest BCUT2D eigenvalue weighted by Crippen LogP contribution is 2.50. The van der Waals surface area contributed by atoms with Gasteiger partial charge < -0.3 is 4.74 Å². The van der Waals surface area contributed by atoms with E-state index in [1.54, 1.807) is 84.9 Å².